The largest absolute Gasteiger partial charge is 0.305 e. The Morgan fingerprint density at radius 2 is 2.24 bits per heavy atom. The fraction of sp³-hybridized carbons (Fsp3) is 0.545. The third-order valence-corrected chi connectivity index (χ3v) is 3.30. The Hall–Kier alpha value is -1.27. The van der Waals surface area contributed by atoms with Crippen LogP contribution in [-0.2, 0) is 19.6 Å². The average Bonchev–Trinajstić information content (AvgIpc) is 2.90. The van der Waals surface area contributed by atoms with E-state index >= 15 is 0 Å². The van der Waals surface area contributed by atoms with Gasteiger partial charge in [-0.25, -0.2) is 14.6 Å². The minimum absolute atomic E-state index is 0.747. The lowest BCUT2D eigenvalue weighted by Gasteiger charge is -2.04. The van der Waals surface area contributed by atoms with Crippen LogP contribution in [0.5, 0.6) is 0 Å². The highest BCUT2D eigenvalue weighted by Crippen LogP contribution is 2.10. The van der Waals surface area contributed by atoms with Gasteiger partial charge >= 0.3 is 0 Å². The van der Waals surface area contributed by atoms with E-state index in [-0.39, 0.29) is 0 Å². The highest BCUT2D eigenvalue weighted by atomic mass is 32.1. The van der Waals surface area contributed by atoms with Crippen molar-refractivity contribution in [2.45, 2.75) is 39.9 Å². The molecule has 0 aliphatic rings. The average molecular weight is 251 g/mol. The standard InChI is InChI=1S/C11H17N5S/c1-3-4-16-11(14-8-15-16)7-12-5-10-6-13-9(2)17-10/h6,8,12H,3-5,7H2,1-2H3. The van der Waals surface area contributed by atoms with Crippen molar-refractivity contribution in [2.75, 3.05) is 0 Å². The first-order valence-corrected chi connectivity index (χ1v) is 6.60. The fourth-order valence-electron chi connectivity index (χ4n) is 1.61. The first kappa shape index (κ1) is 12.2. The molecule has 0 bridgehead atoms. The summed E-state index contributed by atoms with van der Waals surface area (Å²) >= 11 is 1.72. The minimum Gasteiger partial charge on any atom is -0.305 e. The van der Waals surface area contributed by atoms with E-state index in [1.165, 1.54) is 4.88 Å². The highest BCUT2D eigenvalue weighted by molar-refractivity contribution is 7.11. The molecule has 2 aromatic heterocycles. The maximum absolute atomic E-state index is 4.25. The molecule has 0 aliphatic heterocycles. The normalized spacial score (nSPS) is 10.9. The predicted octanol–water partition coefficient (Wildman–Crippen LogP) is 1.74. The molecular formula is C11H17N5S. The smallest absolute Gasteiger partial charge is 0.140 e. The molecule has 0 aromatic carbocycles. The van der Waals surface area contributed by atoms with Crippen molar-refractivity contribution in [3.05, 3.63) is 28.2 Å². The van der Waals surface area contributed by atoms with Crippen LogP contribution in [0.2, 0.25) is 0 Å². The van der Waals surface area contributed by atoms with Crippen molar-refractivity contribution in [1.29, 1.82) is 0 Å². The molecule has 0 saturated heterocycles. The van der Waals surface area contributed by atoms with Crippen molar-refractivity contribution < 1.29 is 0 Å². The van der Waals surface area contributed by atoms with Crippen LogP contribution in [0.15, 0.2) is 12.5 Å². The first-order valence-electron chi connectivity index (χ1n) is 5.78. The molecule has 2 rings (SSSR count). The molecule has 0 radical (unpaired) electrons. The summed E-state index contributed by atoms with van der Waals surface area (Å²) in [5, 5.41) is 8.66. The van der Waals surface area contributed by atoms with Crippen LogP contribution in [0, 0.1) is 6.92 Å². The van der Waals surface area contributed by atoms with E-state index in [2.05, 4.69) is 27.3 Å². The van der Waals surface area contributed by atoms with Gasteiger partial charge in [-0.3, -0.25) is 0 Å². The van der Waals surface area contributed by atoms with E-state index in [9.17, 15) is 0 Å². The summed E-state index contributed by atoms with van der Waals surface area (Å²) in [6.45, 7) is 6.67. The lowest BCUT2D eigenvalue weighted by Crippen LogP contribution is -2.16. The third kappa shape index (κ3) is 3.34. The molecule has 0 unspecified atom stereocenters. The van der Waals surface area contributed by atoms with E-state index < -0.39 is 0 Å². The van der Waals surface area contributed by atoms with E-state index in [0.29, 0.717) is 0 Å². The van der Waals surface area contributed by atoms with Crippen molar-refractivity contribution in [1.82, 2.24) is 25.1 Å². The zero-order valence-corrected chi connectivity index (χ0v) is 11.0. The maximum Gasteiger partial charge on any atom is 0.140 e. The van der Waals surface area contributed by atoms with Gasteiger partial charge in [-0.05, 0) is 13.3 Å². The quantitative estimate of drug-likeness (QED) is 0.849. The Labute approximate surface area is 105 Å². The van der Waals surface area contributed by atoms with Gasteiger partial charge < -0.3 is 5.32 Å². The molecular weight excluding hydrogens is 234 g/mol. The highest BCUT2D eigenvalue weighted by Gasteiger charge is 2.03. The van der Waals surface area contributed by atoms with Gasteiger partial charge in [0, 0.05) is 24.2 Å². The zero-order valence-electron chi connectivity index (χ0n) is 10.2. The van der Waals surface area contributed by atoms with E-state index in [1.807, 2.05) is 17.8 Å². The number of thiazole rings is 1. The summed E-state index contributed by atoms with van der Waals surface area (Å²) in [5.74, 6) is 0.994. The summed E-state index contributed by atoms with van der Waals surface area (Å²) in [5.41, 5.74) is 0. The van der Waals surface area contributed by atoms with Gasteiger partial charge in [-0.1, -0.05) is 6.92 Å². The molecule has 2 heterocycles. The topological polar surface area (TPSA) is 55.6 Å². The van der Waals surface area contributed by atoms with Crippen LogP contribution in [0.4, 0.5) is 0 Å². The molecule has 17 heavy (non-hydrogen) atoms. The zero-order chi connectivity index (χ0) is 12.1. The predicted molar refractivity (Wildman–Crippen MR) is 67.7 cm³/mol. The molecule has 2 aromatic rings. The van der Waals surface area contributed by atoms with Crippen LogP contribution in [0.1, 0.15) is 29.1 Å². The molecule has 0 saturated carbocycles. The molecule has 1 N–H and O–H groups in total. The van der Waals surface area contributed by atoms with E-state index in [0.717, 1.165) is 36.9 Å². The Bertz CT molecular complexity index is 462. The maximum atomic E-state index is 4.25. The number of aryl methyl sites for hydroxylation is 2. The van der Waals surface area contributed by atoms with Gasteiger partial charge in [0.25, 0.3) is 0 Å². The number of rotatable bonds is 6. The second kappa shape index (κ2) is 5.88. The second-order valence-corrected chi connectivity index (χ2v) is 5.17. The third-order valence-electron chi connectivity index (χ3n) is 2.38. The molecule has 5 nitrogen and oxygen atoms in total. The molecule has 0 spiro atoms. The summed E-state index contributed by atoms with van der Waals surface area (Å²) < 4.78 is 1.95. The Kier molecular flexibility index (Phi) is 4.22. The van der Waals surface area contributed by atoms with E-state index in [1.54, 1.807) is 17.7 Å². The van der Waals surface area contributed by atoms with Gasteiger partial charge in [0.1, 0.15) is 12.2 Å². The molecule has 92 valence electrons. The number of hydrogen-bond acceptors (Lipinski definition) is 5. The van der Waals surface area contributed by atoms with Gasteiger partial charge in [0.05, 0.1) is 11.6 Å². The fourth-order valence-corrected chi connectivity index (χ4v) is 2.37. The van der Waals surface area contributed by atoms with Crippen molar-refractivity contribution in [3.63, 3.8) is 0 Å². The lowest BCUT2D eigenvalue weighted by atomic mass is 10.4. The van der Waals surface area contributed by atoms with Crippen molar-refractivity contribution in [3.8, 4) is 0 Å². The Morgan fingerprint density at radius 3 is 2.94 bits per heavy atom. The van der Waals surface area contributed by atoms with Crippen LogP contribution in [0.25, 0.3) is 0 Å². The van der Waals surface area contributed by atoms with Crippen LogP contribution in [-0.4, -0.2) is 19.7 Å². The second-order valence-electron chi connectivity index (χ2n) is 3.85. The number of aromatic nitrogens is 4. The summed E-state index contributed by atoms with van der Waals surface area (Å²) in [6, 6.07) is 0. The van der Waals surface area contributed by atoms with Crippen LogP contribution < -0.4 is 5.32 Å². The van der Waals surface area contributed by atoms with Crippen molar-refractivity contribution in [2.24, 2.45) is 0 Å². The minimum atomic E-state index is 0.747. The Morgan fingerprint density at radius 1 is 1.35 bits per heavy atom. The van der Waals surface area contributed by atoms with Gasteiger partial charge in [-0.15, -0.1) is 11.3 Å². The Balaban J connectivity index is 1.83. The van der Waals surface area contributed by atoms with Crippen molar-refractivity contribution >= 4 is 11.3 Å². The molecule has 0 amide bonds. The van der Waals surface area contributed by atoms with Crippen LogP contribution in [0.3, 0.4) is 0 Å². The van der Waals surface area contributed by atoms with Gasteiger partial charge in [0.2, 0.25) is 0 Å². The molecule has 0 aliphatic carbocycles. The first-order chi connectivity index (χ1) is 8.29. The molecule has 0 fully saturated rings. The summed E-state index contributed by atoms with van der Waals surface area (Å²) in [7, 11) is 0. The van der Waals surface area contributed by atoms with Gasteiger partial charge in [0.15, 0.2) is 0 Å². The number of nitrogens with zero attached hydrogens (tertiary/aromatic N) is 4. The molecule has 0 atom stereocenters. The summed E-state index contributed by atoms with van der Waals surface area (Å²) in [6.07, 6.45) is 4.61. The molecule has 6 heteroatoms. The van der Waals surface area contributed by atoms with Gasteiger partial charge in [-0.2, -0.15) is 5.10 Å². The van der Waals surface area contributed by atoms with E-state index in [4.69, 9.17) is 0 Å². The SMILES string of the molecule is CCCn1ncnc1CNCc1cnc(C)s1. The lowest BCUT2D eigenvalue weighted by molar-refractivity contribution is 0.543. The summed E-state index contributed by atoms with van der Waals surface area (Å²) in [4.78, 5) is 9.73. The number of hydrogen-bond donors (Lipinski definition) is 1. The van der Waals surface area contributed by atoms with Crippen LogP contribution >= 0.6 is 11.3 Å². The number of nitrogens with one attached hydrogen (secondary N) is 1. The monoisotopic (exact) mass is 251 g/mol.